The molecule has 0 fully saturated rings. The highest BCUT2D eigenvalue weighted by Crippen LogP contribution is 2.35. The zero-order valence-electron chi connectivity index (χ0n) is 20.8. The summed E-state index contributed by atoms with van der Waals surface area (Å²) in [6.07, 6.45) is 2.30. The number of rotatable bonds is 7. The first-order valence-corrected chi connectivity index (χ1v) is 12.0. The highest BCUT2D eigenvalue weighted by atomic mass is 16.5. The van der Waals surface area contributed by atoms with Gasteiger partial charge in [-0.05, 0) is 74.0 Å². The average molecular weight is 494 g/mol. The zero-order chi connectivity index (χ0) is 25.9. The third-order valence-corrected chi connectivity index (χ3v) is 6.11. The Morgan fingerprint density at radius 3 is 2.73 bits per heavy atom. The number of carbonyl (C=O) groups excluding carboxylic acids is 1. The van der Waals surface area contributed by atoms with Gasteiger partial charge in [0.2, 0.25) is 5.88 Å². The molecule has 3 aromatic heterocycles. The van der Waals surface area contributed by atoms with Gasteiger partial charge in [0.1, 0.15) is 11.6 Å². The van der Waals surface area contributed by atoms with Crippen molar-refractivity contribution in [2.45, 2.75) is 26.3 Å². The maximum absolute atomic E-state index is 12.9. The molecule has 0 bridgehead atoms. The van der Waals surface area contributed by atoms with Crippen molar-refractivity contribution in [3.8, 4) is 34.1 Å². The molecule has 0 aliphatic heterocycles. The Balaban J connectivity index is 1.39. The van der Waals surface area contributed by atoms with E-state index < -0.39 is 0 Å². The minimum absolute atomic E-state index is 0.0854. The zero-order valence-corrected chi connectivity index (χ0v) is 20.8. The van der Waals surface area contributed by atoms with Crippen molar-refractivity contribution < 1.29 is 14.6 Å². The molecule has 1 amide bonds. The van der Waals surface area contributed by atoms with E-state index in [0.29, 0.717) is 34.8 Å². The molecule has 37 heavy (non-hydrogen) atoms. The molecule has 0 aliphatic rings. The Morgan fingerprint density at radius 1 is 1.05 bits per heavy atom. The number of pyridine rings is 2. The van der Waals surface area contributed by atoms with Gasteiger partial charge in [-0.3, -0.25) is 9.78 Å². The molecule has 8 heteroatoms. The van der Waals surface area contributed by atoms with Crippen molar-refractivity contribution in [1.82, 2.24) is 25.3 Å². The number of nitrogens with one attached hydrogen (secondary N) is 2. The van der Waals surface area contributed by atoms with Crippen LogP contribution in [0.3, 0.4) is 0 Å². The summed E-state index contributed by atoms with van der Waals surface area (Å²) in [7, 11) is 1.57. The Hall–Kier alpha value is -4.72. The van der Waals surface area contributed by atoms with Crippen LogP contribution < -0.4 is 10.1 Å². The van der Waals surface area contributed by atoms with Crippen molar-refractivity contribution in [3.05, 3.63) is 89.9 Å². The van der Waals surface area contributed by atoms with E-state index in [-0.39, 0.29) is 17.7 Å². The standard InChI is InChI=1S/C29H27N5O3/c1-17-6-4-7-21(31-17)14-18(2)32-28(36)20-9-11-24-25(16-20)34-27(33-24)23-15-19(10-12-26(23)35)22-8-5-13-30-29(22)37-3/h4-13,15-16,18,35H,14H2,1-3H3,(H,32,36)(H,33,34). The number of aryl methyl sites for hydroxylation is 1. The molecule has 3 N–H and O–H groups in total. The molecular weight excluding hydrogens is 466 g/mol. The lowest BCUT2D eigenvalue weighted by Gasteiger charge is -2.14. The lowest BCUT2D eigenvalue weighted by atomic mass is 10.0. The van der Waals surface area contributed by atoms with E-state index >= 15 is 0 Å². The molecule has 186 valence electrons. The van der Waals surface area contributed by atoms with Crippen LogP contribution in [-0.2, 0) is 6.42 Å². The van der Waals surface area contributed by atoms with Gasteiger partial charge in [-0.2, -0.15) is 0 Å². The van der Waals surface area contributed by atoms with E-state index in [1.54, 1.807) is 37.6 Å². The molecule has 0 radical (unpaired) electrons. The van der Waals surface area contributed by atoms with E-state index in [0.717, 1.165) is 28.0 Å². The normalized spacial score (nSPS) is 11.9. The Kier molecular flexibility index (Phi) is 6.55. The van der Waals surface area contributed by atoms with Crippen molar-refractivity contribution in [2.24, 2.45) is 0 Å². The largest absolute Gasteiger partial charge is 0.507 e. The van der Waals surface area contributed by atoms with E-state index in [1.807, 2.05) is 56.3 Å². The molecule has 0 aliphatic carbocycles. The van der Waals surface area contributed by atoms with Gasteiger partial charge in [0, 0.05) is 41.2 Å². The van der Waals surface area contributed by atoms with Gasteiger partial charge in [0.05, 0.1) is 23.7 Å². The molecule has 0 spiro atoms. The Bertz CT molecular complexity index is 1590. The molecule has 8 nitrogen and oxygen atoms in total. The first kappa shape index (κ1) is 24.0. The van der Waals surface area contributed by atoms with Crippen LogP contribution in [0.25, 0.3) is 33.5 Å². The van der Waals surface area contributed by atoms with E-state index in [9.17, 15) is 9.90 Å². The molecule has 1 atom stereocenters. The van der Waals surface area contributed by atoms with Crippen LogP contribution in [0.5, 0.6) is 11.6 Å². The third-order valence-electron chi connectivity index (χ3n) is 6.11. The van der Waals surface area contributed by atoms with Gasteiger partial charge in [0.15, 0.2) is 0 Å². The van der Waals surface area contributed by atoms with Crippen LogP contribution >= 0.6 is 0 Å². The smallest absolute Gasteiger partial charge is 0.251 e. The summed E-state index contributed by atoms with van der Waals surface area (Å²) in [5, 5.41) is 13.6. The van der Waals surface area contributed by atoms with E-state index in [4.69, 9.17) is 4.74 Å². The summed E-state index contributed by atoms with van der Waals surface area (Å²) < 4.78 is 5.39. The fraction of sp³-hybridized carbons (Fsp3) is 0.172. The van der Waals surface area contributed by atoms with Crippen LogP contribution in [0.1, 0.15) is 28.7 Å². The molecule has 2 aromatic carbocycles. The number of imidazole rings is 1. The first-order chi connectivity index (χ1) is 17.9. The van der Waals surface area contributed by atoms with Crippen LogP contribution in [0.15, 0.2) is 72.9 Å². The Labute approximate surface area is 214 Å². The van der Waals surface area contributed by atoms with Crippen LogP contribution in [0, 0.1) is 6.92 Å². The van der Waals surface area contributed by atoms with Gasteiger partial charge >= 0.3 is 0 Å². The van der Waals surface area contributed by atoms with Crippen molar-refractivity contribution in [2.75, 3.05) is 7.11 Å². The molecule has 1 unspecified atom stereocenters. The van der Waals surface area contributed by atoms with Crippen LogP contribution in [0.2, 0.25) is 0 Å². The number of H-pyrrole nitrogens is 1. The van der Waals surface area contributed by atoms with Gasteiger partial charge in [-0.15, -0.1) is 0 Å². The molecule has 5 rings (SSSR count). The molecule has 5 aromatic rings. The second-order valence-corrected chi connectivity index (χ2v) is 8.96. The van der Waals surface area contributed by atoms with Crippen LogP contribution in [0.4, 0.5) is 0 Å². The number of ether oxygens (including phenoxy) is 1. The first-order valence-electron chi connectivity index (χ1n) is 12.0. The molecule has 3 heterocycles. The predicted octanol–water partition coefficient (Wildman–Crippen LogP) is 5.07. The lowest BCUT2D eigenvalue weighted by molar-refractivity contribution is 0.0940. The number of phenolic OH excluding ortho intramolecular Hbond substituents is 1. The van der Waals surface area contributed by atoms with Crippen molar-refractivity contribution in [1.29, 1.82) is 0 Å². The maximum Gasteiger partial charge on any atom is 0.251 e. The minimum atomic E-state index is -0.180. The molecule has 0 saturated heterocycles. The highest BCUT2D eigenvalue weighted by molar-refractivity contribution is 5.98. The topological polar surface area (TPSA) is 113 Å². The quantitative estimate of drug-likeness (QED) is 0.292. The monoisotopic (exact) mass is 493 g/mol. The minimum Gasteiger partial charge on any atom is -0.507 e. The van der Waals surface area contributed by atoms with Gasteiger partial charge < -0.3 is 20.1 Å². The number of benzene rings is 2. The number of fused-ring (bicyclic) bond motifs is 1. The summed E-state index contributed by atoms with van der Waals surface area (Å²) in [5.41, 5.74) is 5.94. The number of methoxy groups -OCH3 is 1. The predicted molar refractivity (Wildman–Crippen MR) is 143 cm³/mol. The highest BCUT2D eigenvalue weighted by Gasteiger charge is 2.16. The number of hydrogen-bond donors (Lipinski definition) is 3. The number of aromatic hydroxyl groups is 1. The second kappa shape index (κ2) is 10.1. The van der Waals surface area contributed by atoms with Gasteiger partial charge in [-0.1, -0.05) is 12.1 Å². The van der Waals surface area contributed by atoms with Gasteiger partial charge in [-0.25, -0.2) is 9.97 Å². The maximum atomic E-state index is 12.9. The number of carbonyl (C=O) groups is 1. The number of aromatic nitrogens is 4. The average Bonchev–Trinajstić information content (AvgIpc) is 3.32. The molecular formula is C29H27N5O3. The third kappa shape index (κ3) is 5.13. The van der Waals surface area contributed by atoms with Crippen LogP contribution in [-0.4, -0.2) is 44.1 Å². The summed E-state index contributed by atoms with van der Waals surface area (Å²) in [4.78, 5) is 29.6. The van der Waals surface area contributed by atoms with Crippen molar-refractivity contribution >= 4 is 16.9 Å². The summed E-state index contributed by atoms with van der Waals surface area (Å²) in [6, 6.07) is 20.1. The Morgan fingerprint density at radius 2 is 1.92 bits per heavy atom. The number of hydrogen-bond acceptors (Lipinski definition) is 6. The fourth-order valence-corrected chi connectivity index (χ4v) is 4.33. The summed E-state index contributed by atoms with van der Waals surface area (Å²) >= 11 is 0. The van der Waals surface area contributed by atoms with E-state index in [2.05, 4.69) is 25.3 Å². The number of aromatic amines is 1. The number of phenols is 1. The SMILES string of the molecule is COc1ncccc1-c1ccc(O)c(-c2nc3cc(C(=O)NC(C)Cc4cccc(C)n4)ccc3[nH]2)c1. The lowest BCUT2D eigenvalue weighted by Crippen LogP contribution is -2.34. The number of nitrogens with zero attached hydrogens (tertiary/aromatic N) is 3. The van der Waals surface area contributed by atoms with Gasteiger partial charge in [0.25, 0.3) is 5.91 Å². The summed E-state index contributed by atoms with van der Waals surface area (Å²) in [6.45, 7) is 3.91. The number of amides is 1. The second-order valence-electron chi connectivity index (χ2n) is 8.96. The molecule has 0 saturated carbocycles. The fourth-order valence-electron chi connectivity index (χ4n) is 4.33. The van der Waals surface area contributed by atoms with E-state index in [1.165, 1.54) is 0 Å². The summed E-state index contributed by atoms with van der Waals surface area (Å²) in [5.74, 6) is 0.891. The van der Waals surface area contributed by atoms with Crippen molar-refractivity contribution in [3.63, 3.8) is 0 Å².